The molecule has 1 aromatic heterocycles. The van der Waals surface area contributed by atoms with Gasteiger partial charge < -0.3 is 10.1 Å². The van der Waals surface area contributed by atoms with Crippen LogP contribution in [0.25, 0.3) is 0 Å². The van der Waals surface area contributed by atoms with Crippen molar-refractivity contribution in [2.75, 3.05) is 0 Å². The molecule has 0 saturated carbocycles. The monoisotopic (exact) mass is 248 g/mol. The Hall–Kier alpha value is -2.77. The van der Waals surface area contributed by atoms with Gasteiger partial charge in [-0.15, -0.1) is 0 Å². The molecule has 0 amide bonds. The highest BCUT2D eigenvalue weighted by Gasteiger charge is 2.14. The minimum Gasteiger partial charge on any atom is -0.390 e. The van der Waals surface area contributed by atoms with E-state index in [2.05, 4.69) is 4.98 Å². The quantitative estimate of drug-likeness (QED) is 0.605. The van der Waals surface area contributed by atoms with Crippen LogP contribution in [0.5, 0.6) is 0 Å². The number of benzene rings is 1. The lowest BCUT2D eigenvalue weighted by Crippen LogP contribution is -2.04. The number of hydrogen-bond acceptors (Lipinski definition) is 5. The molecule has 2 aromatic rings. The Labute approximate surface area is 101 Å². The van der Waals surface area contributed by atoms with Crippen LogP contribution in [-0.2, 0) is 6.54 Å². The van der Waals surface area contributed by atoms with E-state index in [1.54, 1.807) is 12.1 Å². The van der Waals surface area contributed by atoms with Gasteiger partial charge in [0.1, 0.15) is 12.4 Å². The summed E-state index contributed by atoms with van der Waals surface area (Å²) in [6.07, 6.45) is 2.82. The minimum absolute atomic E-state index is 0.0149. The molecule has 0 aliphatic carbocycles. The maximum Gasteiger partial charge on any atom is 0.434 e. The zero-order valence-corrected chi connectivity index (χ0v) is 9.09. The molecule has 0 fully saturated rings. The van der Waals surface area contributed by atoms with Gasteiger partial charge in [0.05, 0.1) is 11.5 Å². The number of aromatic nitrogens is 2. The Balaban J connectivity index is 2.21. The second-order valence-electron chi connectivity index (χ2n) is 3.54. The zero-order valence-electron chi connectivity index (χ0n) is 9.09. The van der Waals surface area contributed by atoms with Crippen LogP contribution in [0.3, 0.4) is 0 Å². The van der Waals surface area contributed by atoms with Gasteiger partial charge in [-0.2, -0.15) is 0 Å². The van der Waals surface area contributed by atoms with Gasteiger partial charge >= 0.3 is 5.95 Å². The standard InChI is InChI=1S/C10H8N4O4/c15-13(16)9-3-1-8(2-4-9)7-12-6-5-11-10(12)14(17)18/h1-6H,7H2. The number of nitro benzene ring substituents is 1. The Bertz CT molecular complexity index is 590. The normalized spacial score (nSPS) is 10.2. The van der Waals surface area contributed by atoms with Crippen molar-refractivity contribution >= 4 is 11.6 Å². The van der Waals surface area contributed by atoms with Crippen LogP contribution in [0.2, 0.25) is 0 Å². The molecule has 1 heterocycles. The molecule has 0 N–H and O–H groups in total. The first kappa shape index (κ1) is 11.7. The summed E-state index contributed by atoms with van der Waals surface area (Å²) >= 11 is 0. The summed E-state index contributed by atoms with van der Waals surface area (Å²) in [4.78, 5) is 23.7. The topological polar surface area (TPSA) is 104 Å². The maximum atomic E-state index is 10.6. The summed E-state index contributed by atoms with van der Waals surface area (Å²) in [6.45, 7) is 0.244. The van der Waals surface area contributed by atoms with Crippen molar-refractivity contribution in [2.45, 2.75) is 6.54 Å². The van der Waals surface area contributed by atoms with E-state index in [4.69, 9.17) is 0 Å². The van der Waals surface area contributed by atoms with Crippen molar-refractivity contribution in [3.8, 4) is 0 Å². The molecule has 0 aliphatic rings. The van der Waals surface area contributed by atoms with Gasteiger partial charge in [-0.3, -0.25) is 10.1 Å². The number of nitro groups is 2. The highest BCUT2D eigenvalue weighted by atomic mass is 16.6. The molecule has 1 aromatic carbocycles. The average molecular weight is 248 g/mol. The molecule has 0 bridgehead atoms. The third kappa shape index (κ3) is 2.32. The van der Waals surface area contributed by atoms with Crippen LogP contribution in [-0.4, -0.2) is 19.4 Å². The van der Waals surface area contributed by atoms with E-state index in [-0.39, 0.29) is 18.2 Å². The lowest BCUT2D eigenvalue weighted by Gasteiger charge is -2.01. The number of nitrogens with zero attached hydrogens (tertiary/aromatic N) is 4. The third-order valence-electron chi connectivity index (χ3n) is 2.36. The van der Waals surface area contributed by atoms with Crippen LogP contribution in [0.4, 0.5) is 11.6 Å². The van der Waals surface area contributed by atoms with Crippen LogP contribution < -0.4 is 0 Å². The van der Waals surface area contributed by atoms with Crippen LogP contribution >= 0.6 is 0 Å². The van der Waals surface area contributed by atoms with Gasteiger partial charge in [0.25, 0.3) is 5.69 Å². The van der Waals surface area contributed by atoms with Crippen molar-refractivity contribution in [3.63, 3.8) is 0 Å². The summed E-state index contributed by atoms with van der Waals surface area (Å²) < 4.78 is 1.36. The van der Waals surface area contributed by atoms with E-state index in [1.165, 1.54) is 29.1 Å². The molecule has 2 rings (SSSR count). The molecule has 92 valence electrons. The fraction of sp³-hybridized carbons (Fsp3) is 0.100. The fourth-order valence-corrected chi connectivity index (χ4v) is 1.52. The van der Waals surface area contributed by atoms with Crippen LogP contribution in [0.15, 0.2) is 36.7 Å². The predicted molar refractivity (Wildman–Crippen MR) is 61.1 cm³/mol. The first-order valence-corrected chi connectivity index (χ1v) is 4.97. The first-order valence-electron chi connectivity index (χ1n) is 4.97. The van der Waals surface area contributed by atoms with E-state index >= 15 is 0 Å². The van der Waals surface area contributed by atoms with E-state index in [1.807, 2.05) is 0 Å². The molecular weight excluding hydrogens is 240 g/mol. The average Bonchev–Trinajstić information content (AvgIpc) is 2.78. The second kappa shape index (κ2) is 4.62. The fourth-order valence-electron chi connectivity index (χ4n) is 1.52. The van der Waals surface area contributed by atoms with Crippen molar-refractivity contribution < 1.29 is 9.85 Å². The van der Waals surface area contributed by atoms with Gasteiger partial charge in [0, 0.05) is 12.1 Å². The van der Waals surface area contributed by atoms with Gasteiger partial charge in [0.2, 0.25) is 0 Å². The zero-order chi connectivity index (χ0) is 13.1. The first-order chi connectivity index (χ1) is 8.58. The van der Waals surface area contributed by atoms with Crippen LogP contribution in [0.1, 0.15) is 5.56 Å². The number of rotatable bonds is 4. The maximum absolute atomic E-state index is 10.6. The minimum atomic E-state index is -0.578. The predicted octanol–water partition coefficient (Wildman–Crippen LogP) is 1.75. The molecule has 0 aliphatic heterocycles. The molecule has 0 saturated heterocycles. The lowest BCUT2D eigenvalue weighted by atomic mass is 10.2. The van der Waals surface area contributed by atoms with Crippen LogP contribution in [0, 0.1) is 20.2 Å². The molecule has 0 unspecified atom stereocenters. The van der Waals surface area contributed by atoms with Crippen molar-refractivity contribution in [2.24, 2.45) is 0 Å². The Morgan fingerprint density at radius 1 is 1.11 bits per heavy atom. The Morgan fingerprint density at radius 2 is 1.78 bits per heavy atom. The van der Waals surface area contributed by atoms with E-state index in [0.717, 1.165) is 5.56 Å². The van der Waals surface area contributed by atoms with Crippen molar-refractivity contribution in [3.05, 3.63) is 62.5 Å². The number of imidazole rings is 1. The summed E-state index contributed by atoms with van der Waals surface area (Å²) in [5.74, 6) is -0.256. The summed E-state index contributed by atoms with van der Waals surface area (Å²) in [5.41, 5.74) is 0.709. The highest BCUT2D eigenvalue weighted by molar-refractivity contribution is 5.33. The van der Waals surface area contributed by atoms with Gasteiger partial charge in [-0.1, -0.05) is 4.98 Å². The third-order valence-corrected chi connectivity index (χ3v) is 2.36. The van der Waals surface area contributed by atoms with Gasteiger partial charge in [-0.25, -0.2) is 4.57 Å². The smallest absolute Gasteiger partial charge is 0.390 e. The SMILES string of the molecule is O=[N+]([O-])c1ccc(Cn2ccnc2[N+](=O)[O-])cc1. The molecule has 0 radical (unpaired) electrons. The number of hydrogen-bond donors (Lipinski definition) is 0. The van der Waals surface area contributed by atoms with E-state index < -0.39 is 9.85 Å². The molecule has 8 nitrogen and oxygen atoms in total. The summed E-state index contributed by atoms with van der Waals surface area (Å²) in [7, 11) is 0. The summed E-state index contributed by atoms with van der Waals surface area (Å²) in [5, 5.41) is 21.1. The lowest BCUT2D eigenvalue weighted by molar-refractivity contribution is -0.396. The molecule has 0 spiro atoms. The Morgan fingerprint density at radius 3 is 2.33 bits per heavy atom. The van der Waals surface area contributed by atoms with Gasteiger partial charge in [-0.05, 0) is 22.6 Å². The van der Waals surface area contributed by atoms with E-state index in [9.17, 15) is 20.2 Å². The molecular formula is C10H8N4O4. The molecule has 18 heavy (non-hydrogen) atoms. The molecule has 8 heteroatoms. The highest BCUT2D eigenvalue weighted by Crippen LogP contribution is 2.15. The van der Waals surface area contributed by atoms with Crippen molar-refractivity contribution in [1.82, 2.24) is 9.55 Å². The number of non-ortho nitro benzene ring substituents is 1. The molecule has 0 atom stereocenters. The largest absolute Gasteiger partial charge is 0.434 e. The summed E-state index contributed by atoms with van der Waals surface area (Å²) in [6, 6.07) is 5.83. The second-order valence-corrected chi connectivity index (χ2v) is 3.54. The Kier molecular flexibility index (Phi) is 3.00. The van der Waals surface area contributed by atoms with Gasteiger partial charge in [0.15, 0.2) is 0 Å². The van der Waals surface area contributed by atoms with E-state index in [0.29, 0.717) is 0 Å². The van der Waals surface area contributed by atoms with Crippen molar-refractivity contribution in [1.29, 1.82) is 0 Å².